The molecule has 2 aromatic rings. The molecular weight excluding hydrogens is 482 g/mol. The summed E-state index contributed by atoms with van der Waals surface area (Å²) in [6.07, 6.45) is 0.406. The molecule has 8 nitrogen and oxygen atoms in total. The molecule has 1 unspecified atom stereocenters. The topological polar surface area (TPSA) is 107 Å². The molecule has 0 bridgehead atoms. The summed E-state index contributed by atoms with van der Waals surface area (Å²) in [6, 6.07) is 5.16. The highest BCUT2D eigenvalue weighted by Gasteiger charge is 2.31. The molecule has 0 saturated heterocycles. The average molecular weight is 508 g/mol. The minimum atomic E-state index is -2.68. The molecule has 0 radical (unpaired) electrons. The van der Waals surface area contributed by atoms with Crippen molar-refractivity contribution in [2.45, 2.75) is 30.9 Å². The second kappa shape index (κ2) is 9.87. The Morgan fingerprint density at radius 1 is 1.21 bits per heavy atom. The number of nitrogens with one attached hydrogen (secondary N) is 1. The smallest absolute Gasteiger partial charge is 0.242 e. The predicted octanol–water partition coefficient (Wildman–Crippen LogP) is 3.83. The van der Waals surface area contributed by atoms with E-state index in [0.717, 1.165) is 0 Å². The van der Waals surface area contributed by atoms with Crippen LogP contribution in [0.2, 0.25) is 19.6 Å². The first-order valence-electron chi connectivity index (χ1n) is 8.86. The van der Waals surface area contributed by atoms with Gasteiger partial charge in [0.15, 0.2) is 28.8 Å². The van der Waals surface area contributed by atoms with Crippen molar-refractivity contribution in [2.24, 2.45) is 0 Å². The molecule has 2 N–H and O–H groups in total. The molecule has 0 aliphatic carbocycles. The summed E-state index contributed by atoms with van der Waals surface area (Å²) in [7, 11) is -1.69. The normalized spacial score (nSPS) is 12.8. The van der Waals surface area contributed by atoms with Gasteiger partial charge in [-0.25, -0.2) is 13.1 Å². The van der Waals surface area contributed by atoms with E-state index >= 15 is 0 Å². The molecule has 0 spiro atoms. The lowest BCUT2D eigenvalue weighted by atomic mass is 10.1. The second-order valence-electron chi connectivity index (χ2n) is 7.18. The number of thiol groups is 1. The maximum absolute atomic E-state index is 10.9. The van der Waals surface area contributed by atoms with Crippen molar-refractivity contribution >= 4 is 35.1 Å². The van der Waals surface area contributed by atoms with Crippen molar-refractivity contribution in [1.29, 1.82) is 0 Å². The average Bonchev–Trinajstić information content (AvgIpc) is 2.95. The Labute approximate surface area is 181 Å². The van der Waals surface area contributed by atoms with E-state index in [2.05, 4.69) is 20.7 Å². The number of aromatic hydroxyl groups is 1. The lowest BCUT2D eigenvalue weighted by molar-refractivity contribution is 0.355. The Bertz CT molecular complexity index is 916. The third-order valence-corrected chi connectivity index (χ3v) is 6.02. The number of rotatable bonds is 10. The van der Waals surface area contributed by atoms with E-state index in [1.54, 1.807) is 25.3 Å². The molecule has 1 heterocycles. The first-order chi connectivity index (χ1) is 13.6. The molecule has 1 atom stereocenters. The van der Waals surface area contributed by atoms with Crippen molar-refractivity contribution in [3.8, 4) is 34.3 Å². The standard InChI is InChI=1S/C18H26BrNO7SSi/c1-24-13-7-6-11(10-14(13)25-2)16-15(21)18(27-29(3,4)5)17(26-16)12(19)8-9-20-28(22)23/h6-7,10,12,21,28H,8-9H2,1-5H3,(H,20,22,23). The molecular formula is C18H26BrNO7SSi. The van der Waals surface area contributed by atoms with Crippen LogP contribution in [-0.2, 0) is 10.9 Å². The van der Waals surface area contributed by atoms with Crippen LogP contribution in [0.3, 0.4) is 0 Å². The van der Waals surface area contributed by atoms with Crippen molar-refractivity contribution in [2.75, 3.05) is 20.8 Å². The number of benzene rings is 1. The highest BCUT2D eigenvalue weighted by atomic mass is 79.9. The van der Waals surface area contributed by atoms with Gasteiger partial charge in [-0.2, -0.15) is 0 Å². The Balaban J connectivity index is 2.48. The molecule has 162 valence electrons. The van der Waals surface area contributed by atoms with Crippen LogP contribution in [0.25, 0.3) is 11.3 Å². The van der Waals surface area contributed by atoms with Gasteiger partial charge in [-0.15, -0.1) is 0 Å². The fourth-order valence-corrected chi connectivity index (χ4v) is 4.27. The van der Waals surface area contributed by atoms with E-state index in [-0.39, 0.29) is 28.6 Å². The molecule has 0 aliphatic rings. The Morgan fingerprint density at radius 3 is 2.41 bits per heavy atom. The molecule has 1 aromatic heterocycles. The third-order valence-electron chi connectivity index (χ3n) is 3.84. The van der Waals surface area contributed by atoms with Crippen LogP contribution < -0.4 is 18.6 Å². The zero-order chi connectivity index (χ0) is 21.8. The fraction of sp³-hybridized carbons (Fsp3) is 0.444. The summed E-state index contributed by atoms with van der Waals surface area (Å²) >= 11 is 3.51. The summed E-state index contributed by atoms with van der Waals surface area (Å²) in [4.78, 5) is -0.365. The van der Waals surface area contributed by atoms with Crippen molar-refractivity contribution in [3.05, 3.63) is 24.0 Å². The maximum Gasteiger partial charge on any atom is 0.242 e. The van der Waals surface area contributed by atoms with Crippen LogP contribution in [0.4, 0.5) is 0 Å². The minimum Gasteiger partial charge on any atom is -0.539 e. The summed E-state index contributed by atoms with van der Waals surface area (Å²) in [5, 5.41) is 10.9. The molecule has 11 heteroatoms. The number of ether oxygens (including phenoxy) is 2. The number of alkyl halides is 1. The largest absolute Gasteiger partial charge is 0.539 e. The van der Waals surface area contributed by atoms with Gasteiger partial charge in [-0.05, 0) is 44.3 Å². The fourth-order valence-electron chi connectivity index (χ4n) is 2.62. The lowest BCUT2D eigenvalue weighted by Gasteiger charge is -2.20. The van der Waals surface area contributed by atoms with Crippen molar-refractivity contribution in [3.63, 3.8) is 0 Å². The van der Waals surface area contributed by atoms with Crippen LogP contribution >= 0.6 is 15.9 Å². The monoisotopic (exact) mass is 507 g/mol. The maximum atomic E-state index is 10.9. The van der Waals surface area contributed by atoms with Crippen LogP contribution in [0.1, 0.15) is 17.0 Å². The van der Waals surface area contributed by atoms with Gasteiger partial charge >= 0.3 is 0 Å². The number of hydrogen-bond donors (Lipinski definition) is 3. The van der Waals surface area contributed by atoms with Gasteiger partial charge in [-0.3, -0.25) is 0 Å². The summed E-state index contributed by atoms with van der Waals surface area (Å²) in [5.41, 5.74) is 0.590. The number of halogens is 1. The molecule has 0 fully saturated rings. The van der Waals surface area contributed by atoms with Gasteiger partial charge in [0.1, 0.15) is 0 Å². The first kappa shape index (κ1) is 23.6. The SMILES string of the molecule is COc1ccc(-c2oc(C(Br)CCN[SH](=O)=O)c(O[Si](C)(C)C)c2O)cc1OC. The Morgan fingerprint density at radius 2 is 1.86 bits per heavy atom. The van der Waals surface area contributed by atoms with Crippen LogP contribution in [0, 0.1) is 0 Å². The number of methoxy groups -OCH3 is 2. The molecule has 0 saturated carbocycles. The second-order valence-corrected chi connectivity index (χ2v) is 13.5. The number of hydrogen-bond acceptors (Lipinski definition) is 7. The van der Waals surface area contributed by atoms with E-state index < -0.39 is 19.2 Å². The van der Waals surface area contributed by atoms with Gasteiger partial charge < -0.3 is 23.4 Å². The minimum absolute atomic E-state index is 0.109. The lowest BCUT2D eigenvalue weighted by Crippen LogP contribution is -2.29. The van der Waals surface area contributed by atoms with Crippen LogP contribution in [0.15, 0.2) is 22.6 Å². The van der Waals surface area contributed by atoms with E-state index in [1.165, 1.54) is 7.11 Å². The van der Waals surface area contributed by atoms with Gasteiger partial charge in [0.2, 0.25) is 25.0 Å². The molecule has 2 rings (SSSR count). The van der Waals surface area contributed by atoms with E-state index in [9.17, 15) is 13.5 Å². The van der Waals surface area contributed by atoms with E-state index in [1.807, 2.05) is 19.6 Å². The quantitative estimate of drug-likeness (QED) is 0.254. The Kier molecular flexibility index (Phi) is 8.03. The predicted molar refractivity (Wildman–Crippen MR) is 117 cm³/mol. The summed E-state index contributed by atoms with van der Waals surface area (Å²) in [5.74, 6) is 1.84. The van der Waals surface area contributed by atoms with Gasteiger partial charge in [0.25, 0.3) is 0 Å². The van der Waals surface area contributed by atoms with Crippen LogP contribution in [0.5, 0.6) is 23.0 Å². The first-order valence-corrected chi connectivity index (χ1v) is 14.4. The zero-order valence-corrected chi connectivity index (χ0v) is 20.4. The molecule has 29 heavy (non-hydrogen) atoms. The van der Waals surface area contributed by atoms with Gasteiger partial charge in [0, 0.05) is 12.1 Å². The summed E-state index contributed by atoms with van der Waals surface area (Å²) in [6.45, 7) is 6.19. The molecule has 1 aromatic carbocycles. The van der Waals surface area contributed by atoms with Crippen molar-refractivity contribution < 1.29 is 31.8 Å². The van der Waals surface area contributed by atoms with Crippen molar-refractivity contribution in [1.82, 2.24) is 4.72 Å². The number of furan rings is 1. The molecule has 0 amide bonds. The highest BCUT2D eigenvalue weighted by molar-refractivity contribution is 9.09. The highest BCUT2D eigenvalue weighted by Crippen LogP contribution is 2.49. The summed E-state index contributed by atoms with van der Waals surface area (Å²) < 4.78 is 46.5. The third kappa shape index (κ3) is 6.14. The van der Waals surface area contributed by atoms with Gasteiger partial charge in [0.05, 0.1) is 19.0 Å². The Hall–Kier alpha value is -1.69. The van der Waals surface area contributed by atoms with Gasteiger partial charge in [-0.1, -0.05) is 15.9 Å². The zero-order valence-electron chi connectivity index (χ0n) is 16.9. The molecule has 0 aliphatic heterocycles. The van der Waals surface area contributed by atoms with Crippen LogP contribution in [-0.4, -0.2) is 42.6 Å². The van der Waals surface area contributed by atoms with E-state index in [0.29, 0.717) is 29.2 Å². The van der Waals surface area contributed by atoms with E-state index in [4.69, 9.17) is 18.3 Å².